The Morgan fingerprint density at radius 1 is 1.11 bits per heavy atom. The Balaban J connectivity index is 1.51. The number of nitrogens with zero attached hydrogens (tertiary/aromatic N) is 1. The van der Waals surface area contributed by atoms with Crippen molar-refractivity contribution in [2.45, 2.75) is 12.8 Å². The van der Waals surface area contributed by atoms with Crippen LogP contribution in [0, 0.1) is 0 Å². The number of nitrogens with one attached hydrogen (secondary N) is 2. The van der Waals surface area contributed by atoms with Crippen LogP contribution in [0.15, 0.2) is 58.4 Å². The highest BCUT2D eigenvalue weighted by Gasteiger charge is 2.10. The van der Waals surface area contributed by atoms with Crippen molar-refractivity contribution in [2.24, 2.45) is 0 Å². The van der Waals surface area contributed by atoms with E-state index in [1.54, 1.807) is 24.3 Å². The number of carbonyl (C=O) groups excluding carboxylic acids is 2. The van der Waals surface area contributed by atoms with Crippen molar-refractivity contribution >= 4 is 61.5 Å². The maximum Gasteiger partial charge on any atom is 0.257 e. The lowest BCUT2D eigenvalue weighted by molar-refractivity contribution is -0.116. The van der Waals surface area contributed by atoms with Crippen LogP contribution in [0.5, 0.6) is 0 Å². The summed E-state index contributed by atoms with van der Waals surface area (Å²) in [6.45, 7) is 0. The maximum absolute atomic E-state index is 12.2. The van der Waals surface area contributed by atoms with E-state index in [0.29, 0.717) is 28.6 Å². The Kier molecular flexibility index (Phi) is 6.60. The van der Waals surface area contributed by atoms with Gasteiger partial charge in [-0.05, 0) is 48.9 Å². The molecule has 0 saturated carbocycles. The maximum atomic E-state index is 12.2. The van der Waals surface area contributed by atoms with Gasteiger partial charge in [-0.2, -0.15) is 0 Å². The molecule has 0 bridgehead atoms. The van der Waals surface area contributed by atoms with Gasteiger partial charge in [0, 0.05) is 32.5 Å². The summed E-state index contributed by atoms with van der Waals surface area (Å²) in [5, 5.41) is 8.50. The average molecular weight is 465 g/mol. The summed E-state index contributed by atoms with van der Waals surface area (Å²) in [6, 6.07) is 14.0. The molecule has 1 heterocycles. The number of aromatic nitrogens is 1. The highest BCUT2D eigenvalue weighted by atomic mass is 79.9. The molecule has 0 radical (unpaired) electrons. The third-order valence-corrected chi connectivity index (χ3v) is 5.15. The highest BCUT2D eigenvalue weighted by Crippen LogP contribution is 2.19. The van der Waals surface area contributed by atoms with E-state index in [9.17, 15) is 9.59 Å². The second-order valence-corrected chi connectivity index (χ2v) is 7.87. The topological polar surface area (TPSA) is 71.1 Å². The average Bonchev–Trinajstić information content (AvgIpc) is 3.08. The van der Waals surface area contributed by atoms with Crippen LogP contribution in [0.4, 0.5) is 10.8 Å². The van der Waals surface area contributed by atoms with E-state index in [4.69, 9.17) is 11.6 Å². The molecule has 2 N–H and O–H groups in total. The van der Waals surface area contributed by atoms with Gasteiger partial charge in [-0.1, -0.05) is 33.6 Å². The van der Waals surface area contributed by atoms with Gasteiger partial charge in [0.2, 0.25) is 5.91 Å². The molecule has 2 amide bonds. The molecule has 0 atom stereocenters. The smallest absolute Gasteiger partial charge is 0.257 e. The molecule has 0 saturated heterocycles. The number of hydrogen-bond acceptors (Lipinski definition) is 4. The second-order valence-electron chi connectivity index (χ2n) is 5.66. The lowest BCUT2D eigenvalue weighted by Gasteiger charge is -2.04. The van der Waals surface area contributed by atoms with Gasteiger partial charge in [-0.3, -0.25) is 14.9 Å². The number of rotatable bonds is 6. The van der Waals surface area contributed by atoms with Crippen molar-refractivity contribution in [3.63, 3.8) is 0 Å². The standard InChI is InChI=1S/C19H15BrClN3O2S/c20-13-2-1-3-15(10-13)22-17(25)9-8-16-11-27-19(23-16)24-18(26)12-4-6-14(21)7-5-12/h1-7,10-11H,8-9H2,(H,22,25)(H,23,24,26). The van der Waals surface area contributed by atoms with Crippen molar-refractivity contribution < 1.29 is 9.59 Å². The molecule has 0 unspecified atom stereocenters. The molecule has 8 heteroatoms. The summed E-state index contributed by atoms with van der Waals surface area (Å²) in [7, 11) is 0. The zero-order valence-corrected chi connectivity index (χ0v) is 17.2. The third kappa shape index (κ3) is 5.89. The number of aryl methyl sites for hydroxylation is 1. The van der Waals surface area contributed by atoms with Crippen LogP contribution >= 0.6 is 38.9 Å². The molecular weight excluding hydrogens is 450 g/mol. The fourth-order valence-corrected chi connectivity index (χ4v) is 3.55. The summed E-state index contributed by atoms with van der Waals surface area (Å²) in [6.07, 6.45) is 0.800. The van der Waals surface area contributed by atoms with Crippen LogP contribution in [-0.2, 0) is 11.2 Å². The number of anilines is 2. The van der Waals surface area contributed by atoms with Gasteiger partial charge in [0.1, 0.15) is 0 Å². The number of benzene rings is 2. The first kappa shape index (κ1) is 19.5. The number of hydrogen-bond donors (Lipinski definition) is 2. The number of thiazole rings is 1. The Morgan fingerprint density at radius 3 is 2.63 bits per heavy atom. The van der Waals surface area contributed by atoms with Crippen LogP contribution in [0.25, 0.3) is 0 Å². The predicted molar refractivity (Wildman–Crippen MR) is 113 cm³/mol. The summed E-state index contributed by atoms with van der Waals surface area (Å²) in [4.78, 5) is 28.6. The third-order valence-electron chi connectivity index (χ3n) is 3.60. The van der Waals surface area contributed by atoms with Gasteiger partial charge in [0.05, 0.1) is 5.69 Å². The van der Waals surface area contributed by atoms with Crippen LogP contribution in [0.1, 0.15) is 22.5 Å². The highest BCUT2D eigenvalue weighted by molar-refractivity contribution is 9.10. The minimum atomic E-state index is -0.250. The lowest BCUT2D eigenvalue weighted by Crippen LogP contribution is -2.13. The minimum absolute atomic E-state index is 0.0900. The van der Waals surface area contributed by atoms with Crippen LogP contribution in [0.2, 0.25) is 5.02 Å². The molecule has 5 nitrogen and oxygen atoms in total. The van der Waals surface area contributed by atoms with E-state index in [1.165, 1.54) is 11.3 Å². The molecule has 0 aliphatic rings. The first-order chi connectivity index (χ1) is 13.0. The quantitative estimate of drug-likeness (QED) is 0.514. The van der Waals surface area contributed by atoms with Crippen molar-refractivity contribution in [1.82, 2.24) is 4.98 Å². The van der Waals surface area contributed by atoms with Gasteiger partial charge >= 0.3 is 0 Å². The SMILES string of the molecule is O=C(CCc1csc(NC(=O)c2ccc(Cl)cc2)n1)Nc1cccc(Br)c1. The van der Waals surface area contributed by atoms with Crippen LogP contribution in [-0.4, -0.2) is 16.8 Å². The zero-order valence-electron chi connectivity index (χ0n) is 14.0. The molecule has 27 heavy (non-hydrogen) atoms. The summed E-state index contributed by atoms with van der Waals surface area (Å²) < 4.78 is 0.904. The molecule has 0 spiro atoms. The monoisotopic (exact) mass is 463 g/mol. The summed E-state index contributed by atoms with van der Waals surface area (Å²) >= 11 is 10.5. The molecular formula is C19H15BrClN3O2S. The van der Waals surface area contributed by atoms with Crippen molar-refractivity contribution in [1.29, 1.82) is 0 Å². The fraction of sp³-hybridized carbons (Fsp3) is 0.105. The molecule has 2 aromatic carbocycles. The van der Waals surface area contributed by atoms with Crippen molar-refractivity contribution in [3.05, 3.63) is 74.7 Å². The summed E-state index contributed by atoms with van der Waals surface area (Å²) in [5.74, 6) is -0.340. The van der Waals surface area contributed by atoms with E-state index in [0.717, 1.165) is 15.9 Å². The number of carbonyl (C=O) groups is 2. The van der Waals surface area contributed by atoms with Gasteiger partial charge in [-0.25, -0.2) is 4.98 Å². The molecule has 3 rings (SSSR count). The van der Waals surface area contributed by atoms with E-state index >= 15 is 0 Å². The molecule has 0 aliphatic carbocycles. The summed E-state index contributed by atoms with van der Waals surface area (Å²) in [5.41, 5.74) is 2.00. The van der Waals surface area contributed by atoms with Gasteiger partial charge in [0.25, 0.3) is 5.91 Å². The van der Waals surface area contributed by atoms with E-state index in [1.807, 2.05) is 29.6 Å². The first-order valence-electron chi connectivity index (χ1n) is 8.06. The second kappa shape index (κ2) is 9.12. The fourth-order valence-electron chi connectivity index (χ4n) is 2.28. The van der Waals surface area contributed by atoms with E-state index in [-0.39, 0.29) is 11.8 Å². The number of amides is 2. The largest absolute Gasteiger partial charge is 0.326 e. The molecule has 3 aromatic rings. The van der Waals surface area contributed by atoms with E-state index in [2.05, 4.69) is 31.5 Å². The zero-order chi connectivity index (χ0) is 19.2. The molecule has 138 valence electrons. The Hall–Kier alpha value is -2.22. The molecule has 1 aromatic heterocycles. The Morgan fingerprint density at radius 2 is 1.89 bits per heavy atom. The van der Waals surface area contributed by atoms with Crippen LogP contribution in [0.3, 0.4) is 0 Å². The lowest BCUT2D eigenvalue weighted by atomic mass is 10.2. The van der Waals surface area contributed by atoms with E-state index < -0.39 is 0 Å². The van der Waals surface area contributed by atoms with Gasteiger partial charge in [0.15, 0.2) is 5.13 Å². The number of halogens is 2. The predicted octanol–water partition coefficient (Wildman–Crippen LogP) is 5.38. The van der Waals surface area contributed by atoms with Crippen molar-refractivity contribution in [3.8, 4) is 0 Å². The molecule has 0 aliphatic heterocycles. The first-order valence-corrected chi connectivity index (χ1v) is 10.1. The molecule has 0 fully saturated rings. The normalized spacial score (nSPS) is 10.4. The Bertz CT molecular complexity index is 960. The Labute approximate surface area is 173 Å². The van der Waals surface area contributed by atoms with Gasteiger partial charge in [-0.15, -0.1) is 11.3 Å². The van der Waals surface area contributed by atoms with Crippen molar-refractivity contribution in [2.75, 3.05) is 10.6 Å². The van der Waals surface area contributed by atoms with Crippen LogP contribution < -0.4 is 10.6 Å². The van der Waals surface area contributed by atoms with Gasteiger partial charge < -0.3 is 5.32 Å². The minimum Gasteiger partial charge on any atom is -0.326 e.